The molecule has 0 aliphatic rings. The van der Waals surface area contributed by atoms with Crippen LogP contribution < -0.4 is 5.32 Å². The lowest BCUT2D eigenvalue weighted by Crippen LogP contribution is -2.25. The Hall–Kier alpha value is -0.860. The summed E-state index contributed by atoms with van der Waals surface area (Å²) in [6, 6.07) is 11.1. The second kappa shape index (κ2) is 21.4. The van der Waals surface area contributed by atoms with Crippen LogP contribution in [-0.2, 0) is 4.74 Å². The molecule has 1 N–H and O–H groups in total. The first-order valence-electron chi connectivity index (χ1n) is 13.2. The second-order valence-electron chi connectivity index (χ2n) is 8.96. The molecule has 0 aliphatic heterocycles. The molecule has 0 fully saturated rings. The standard InChI is InChI=1S/C28H51NO/c1-3-5-7-9-10-11-12-14-19-24-30-25-23-29-26-28(22-16-13-8-6-4-2)27-20-17-15-18-21-27/h15,17-18,20-21,28-29H,3-14,16,19,22-26H2,1-2H3. The van der Waals surface area contributed by atoms with Gasteiger partial charge in [-0.3, -0.25) is 0 Å². The quantitative estimate of drug-likeness (QED) is 0.192. The highest BCUT2D eigenvalue weighted by molar-refractivity contribution is 5.19. The van der Waals surface area contributed by atoms with Crippen LogP contribution in [-0.4, -0.2) is 26.3 Å². The minimum absolute atomic E-state index is 0.630. The number of hydrogen-bond acceptors (Lipinski definition) is 2. The van der Waals surface area contributed by atoms with Gasteiger partial charge in [-0.25, -0.2) is 0 Å². The molecule has 0 aliphatic carbocycles. The number of unbranched alkanes of at least 4 members (excludes halogenated alkanes) is 12. The van der Waals surface area contributed by atoms with Gasteiger partial charge in [0.25, 0.3) is 0 Å². The Labute approximate surface area is 188 Å². The number of hydrogen-bond donors (Lipinski definition) is 1. The van der Waals surface area contributed by atoms with E-state index in [1.54, 1.807) is 0 Å². The maximum absolute atomic E-state index is 5.84. The van der Waals surface area contributed by atoms with Crippen molar-refractivity contribution >= 4 is 0 Å². The van der Waals surface area contributed by atoms with Crippen molar-refractivity contribution < 1.29 is 4.74 Å². The van der Waals surface area contributed by atoms with Gasteiger partial charge in [0, 0.05) is 19.7 Å². The van der Waals surface area contributed by atoms with Crippen molar-refractivity contribution in [3.8, 4) is 0 Å². The monoisotopic (exact) mass is 417 g/mol. The molecule has 174 valence electrons. The lowest BCUT2D eigenvalue weighted by atomic mass is 9.93. The van der Waals surface area contributed by atoms with Crippen molar-refractivity contribution in [2.45, 2.75) is 116 Å². The Morgan fingerprint density at radius 2 is 1.23 bits per heavy atom. The van der Waals surface area contributed by atoms with Gasteiger partial charge >= 0.3 is 0 Å². The zero-order chi connectivity index (χ0) is 21.5. The van der Waals surface area contributed by atoms with Crippen LogP contribution in [0, 0.1) is 0 Å². The van der Waals surface area contributed by atoms with Crippen LogP contribution in [0.15, 0.2) is 30.3 Å². The highest BCUT2D eigenvalue weighted by Crippen LogP contribution is 2.22. The molecule has 1 rings (SSSR count). The van der Waals surface area contributed by atoms with E-state index >= 15 is 0 Å². The minimum Gasteiger partial charge on any atom is -0.380 e. The first-order chi connectivity index (χ1) is 14.9. The molecular weight excluding hydrogens is 366 g/mol. The van der Waals surface area contributed by atoms with E-state index in [2.05, 4.69) is 49.5 Å². The van der Waals surface area contributed by atoms with Crippen LogP contribution in [0.25, 0.3) is 0 Å². The van der Waals surface area contributed by atoms with Gasteiger partial charge in [-0.15, -0.1) is 0 Å². The third kappa shape index (κ3) is 15.9. The fraction of sp³-hybridized carbons (Fsp3) is 0.786. The molecule has 30 heavy (non-hydrogen) atoms. The van der Waals surface area contributed by atoms with Gasteiger partial charge in [-0.2, -0.15) is 0 Å². The van der Waals surface area contributed by atoms with Gasteiger partial charge in [0.1, 0.15) is 0 Å². The first kappa shape index (κ1) is 27.2. The third-order valence-electron chi connectivity index (χ3n) is 6.13. The minimum atomic E-state index is 0.630. The number of benzene rings is 1. The van der Waals surface area contributed by atoms with Gasteiger partial charge in [0.2, 0.25) is 0 Å². The van der Waals surface area contributed by atoms with Gasteiger partial charge in [0.15, 0.2) is 0 Å². The Balaban J connectivity index is 2.02. The van der Waals surface area contributed by atoms with Crippen LogP contribution in [0.2, 0.25) is 0 Å². The van der Waals surface area contributed by atoms with Gasteiger partial charge in [-0.05, 0) is 24.3 Å². The Bertz CT molecular complexity index is 447. The van der Waals surface area contributed by atoms with Crippen LogP contribution in [0.5, 0.6) is 0 Å². The molecule has 2 nitrogen and oxygen atoms in total. The summed E-state index contributed by atoms with van der Waals surface area (Å²) in [6.45, 7) is 8.38. The second-order valence-corrected chi connectivity index (χ2v) is 8.96. The van der Waals surface area contributed by atoms with E-state index in [0.29, 0.717) is 5.92 Å². The Morgan fingerprint density at radius 3 is 1.87 bits per heavy atom. The lowest BCUT2D eigenvalue weighted by molar-refractivity contribution is 0.131. The third-order valence-corrected chi connectivity index (χ3v) is 6.13. The predicted molar refractivity (Wildman–Crippen MR) is 133 cm³/mol. The normalized spacial score (nSPS) is 12.3. The SMILES string of the molecule is CCCCCCCCCCCOCCNCC(CCCCCCC)c1ccccc1. The molecule has 0 saturated carbocycles. The molecule has 2 heteroatoms. The van der Waals surface area contributed by atoms with Crippen molar-refractivity contribution in [3.05, 3.63) is 35.9 Å². The molecule has 1 unspecified atom stereocenters. The van der Waals surface area contributed by atoms with Crippen molar-refractivity contribution in [1.29, 1.82) is 0 Å². The zero-order valence-corrected chi connectivity index (χ0v) is 20.3. The molecule has 0 saturated heterocycles. The van der Waals surface area contributed by atoms with Crippen LogP contribution in [0.3, 0.4) is 0 Å². The van der Waals surface area contributed by atoms with E-state index in [-0.39, 0.29) is 0 Å². The number of rotatable bonds is 22. The van der Waals surface area contributed by atoms with E-state index < -0.39 is 0 Å². The molecule has 0 radical (unpaired) electrons. The average Bonchev–Trinajstić information content (AvgIpc) is 2.78. The van der Waals surface area contributed by atoms with E-state index in [1.807, 2.05) is 0 Å². The predicted octanol–water partition coefficient (Wildman–Crippen LogP) is 8.27. The molecule has 1 aromatic carbocycles. The topological polar surface area (TPSA) is 21.3 Å². The molecule has 0 aromatic heterocycles. The van der Waals surface area contributed by atoms with Gasteiger partial charge in [0.05, 0.1) is 6.61 Å². The average molecular weight is 418 g/mol. The molecule has 0 spiro atoms. The highest BCUT2D eigenvalue weighted by atomic mass is 16.5. The lowest BCUT2D eigenvalue weighted by Gasteiger charge is -2.18. The smallest absolute Gasteiger partial charge is 0.0590 e. The fourth-order valence-electron chi connectivity index (χ4n) is 4.14. The number of nitrogens with one attached hydrogen (secondary N) is 1. The summed E-state index contributed by atoms with van der Waals surface area (Å²) in [5.41, 5.74) is 1.48. The van der Waals surface area contributed by atoms with Crippen molar-refractivity contribution in [2.24, 2.45) is 0 Å². The summed E-state index contributed by atoms with van der Waals surface area (Å²) in [5.74, 6) is 0.630. The molecule has 1 aromatic rings. The first-order valence-corrected chi connectivity index (χ1v) is 13.2. The van der Waals surface area contributed by atoms with Crippen LogP contribution in [0.4, 0.5) is 0 Å². The maximum atomic E-state index is 5.84. The van der Waals surface area contributed by atoms with Gasteiger partial charge in [-0.1, -0.05) is 128 Å². The Kier molecular flexibility index (Phi) is 19.4. The Morgan fingerprint density at radius 1 is 0.667 bits per heavy atom. The van der Waals surface area contributed by atoms with E-state index in [4.69, 9.17) is 4.74 Å². The largest absolute Gasteiger partial charge is 0.380 e. The van der Waals surface area contributed by atoms with E-state index in [0.717, 1.165) is 26.3 Å². The summed E-state index contributed by atoms with van der Waals surface area (Å²) in [4.78, 5) is 0. The van der Waals surface area contributed by atoms with E-state index in [9.17, 15) is 0 Å². The number of ether oxygens (including phenoxy) is 1. The van der Waals surface area contributed by atoms with E-state index in [1.165, 1.54) is 102 Å². The zero-order valence-electron chi connectivity index (χ0n) is 20.3. The molecule has 0 bridgehead atoms. The van der Waals surface area contributed by atoms with Crippen molar-refractivity contribution in [3.63, 3.8) is 0 Å². The van der Waals surface area contributed by atoms with Gasteiger partial charge < -0.3 is 10.1 Å². The summed E-state index contributed by atoms with van der Waals surface area (Å²) in [7, 11) is 0. The summed E-state index contributed by atoms with van der Waals surface area (Å²) in [6.07, 6.45) is 20.5. The summed E-state index contributed by atoms with van der Waals surface area (Å²) < 4.78 is 5.84. The summed E-state index contributed by atoms with van der Waals surface area (Å²) >= 11 is 0. The molecule has 1 atom stereocenters. The van der Waals surface area contributed by atoms with Crippen LogP contribution >= 0.6 is 0 Å². The maximum Gasteiger partial charge on any atom is 0.0590 e. The molecular formula is C28H51NO. The van der Waals surface area contributed by atoms with Crippen molar-refractivity contribution in [2.75, 3.05) is 26.3 Å². The fourth-order valence-corrected chi connectivity index (χ4v) is 4.14. The van der Waals surface area contributed by atoms with Crippen LogP contribution in [0.1, 0.15) is 122 Å². The summed E-state index contributed by atoms with van der Waals surface area (Å²) in [5, 5.41) is 3.65. The molecule has 0 amide bonds. The highest BCUT2D eigenvalue weighted by Gasteiger charge is 2.10. The molecule has 0 heterocycles. The van der Waals surface area contributed by atoms with Crippen molar-refractivity contribution in [1.82, 2.24) is 5.32 Å².